The summed E-state index contributed by atoms with van der Waals surface area (Å²) in [7, 11) is 0. The number of rotatable bonds is 3. The van der Waals surface area contributed by atoms with Crippen LogP contribution in [0.4, 0.5) is 0 Å². The smallest absolute Gasteiger partial charge is 0.00772 e. The average molecular weight is 251 g/mol. The molecule has 0 bridgehead atoms. The van der Waals surface area contributed by atoms with E-state index in [1.165, 1.54) is 51.4 Å². The second kappa shape index (κ2) is 5.94. The van der Waals surface area contributed by atoms with Crippen molar-refractivity contribution < 1.29 is 0 Å². The molecule has 0 heterocycles. The van der Waals surface area contributed by atoms with Gasteiger partial charge >= 0.3 is 0 Å². The van der Waals surface area contributed by atoms with Gasteiger partial charge in [-0.15, -0.1) is 0 Å². The normalized spacial score (nSPS) is 40.7. The predicted octanol–water partition coefficient (Wildman–Crippen LogP) is 4.76. The van der Waals surface area contributed by atoms with Gasteiger partial charge in [0, 0.05) is 12.1 Å². The zero-order valence-electron chi connectivity index (χ0n) is 13.0. The summed E-state index contributed by atoms with van der Waals surface area (Å²) < 4.78 is 0. The van der Waals surface area contributed by atoms with Gasteiger partial charge in [-0.05, 0) is 62.2 Å². The summed E-state index contributed by atoms with van der Waals surface area (Å²) in [5.41, 5.74) is 0.552. The molecule has 0 aliphatic heterocycles. The van der Waals surface area contributed by atoms with E-state index in [1.54, 1.807) is 0 Å². The Kier molecular flexibility index (Phi) is 4.75. The van der Waals surface area contributed by atoms with Crippen LogP contribution in [0.1, 0.15) is 79.1 Å². The Hall–Kier alpha value is -0.0400. The van der Waals surface area contributed by atoms with Gasteiger partial charge in [-0.1, -0.05) is 34.1 Å². The van der Waals surface area contributed by atoms with E-state index < -0.39 is 0 Å². The van der Waals surface area contributed by atoms with Crippen molar-refractivity contribution in [1.29, 1.82) is 0 Å². The second-order valence-electron chi connectivity index (χ2n) is 7.90. The monoisotopic (exact) mass is 251 g/mol. The van der Waals surface area contributed by atoms with Gasteiger partial charge in [0.25, 0.3) is 0 Å². The van der Waals surface area contributed by atoms with Crippen LogP contribution in [0.5, 0.6) is 0 Å². The van der Waals surface area contributed by atoms with Gasteiger partial charge in [0.2, 0.25) is 0 Å². The Morgan fingerprint density at radius 1 is 1.00 bits per heavy atom. The molecule has 0 aromatic heterocycles. The van der Waals surface area contributed by atoms with E-state index in [0.29, 0.717) is 5.41 Å². The molecule has 0 amide bonds. The summed E-state index contributed by atoms with van der Waals surface area (Å²) >= 11 is 0. The molecule has 2 unspecified atom stereocenters. The van der Waals surface area contributed by atoms with Crippen LogP contribution < -0.4 is 5.32 Å². The first-order chi connectivity index (χ1) is 8.48. The maximum atomic E-state index is 3.99. The fraction of sp³-hybridized carbons (Fsp3) is 1.00. The third-order valence-electron chi connectivity index (χ3n) is 5.28. The molecule has 0 aromatic rings. The zero-order chi connectivity index (χ0) is 13.2. The molecule has 18 heavy (non-hydrogen) atoms. The summed E-state index contributed by atoms with van der Waals surface area (Å²) in [5.74, 6) is 1.92. The van der Waals surface area contributed by atoms with Crippen LogP contribution in [0.15, 0.2) is 0 Å². The van der Waals surface area contributed by atoms with Crippen LogP contribution in [-0.4, -0.2) is 12.1 Å². The van der Waals surface area contributed by atoms with Crippen LogP contribution in [0.25, 0.3) is 0 Å². The first kappa shape index (κ1) is 14.4. The van der Waals surface area contributed by atoms with Crippen LogP contribution in [-0.2, 0) is 0 Å². The van der Waals surface area contributed by atoms with E-state index in [9.17, 15) is 0 Å². The molecule has 0 saturated heterocycles. The van der Waals surface area contributed by atoms with E-state index in [4.69, 9.17) is 0 Å². The van der Waals surface area contributed by atoms with Crippen molar-refractivity contribution in [3.63, 3.8) is 0 Å². The minimum atomic E-state index is 0.552. The largest absolute Gasteiger partial charge is 0.311 e. The van der Waals surface area contributed by atoms with Crippen LogP contribution >= 0.6 is 0 Å². The van der Waals surface area contributed by atoms with Crippen LogP contribution in [0.2, 0.25) is 0 Å². The summed E-state index contributed by atoms with van der Waals surface area (Å²) in [6, 6.07) is 1.60. The third-order valence-corrected chi connectivity index (χ3v) is 5.28. The molecule has 0 spiro atoms. The van der Waals surface area contributed by atoms with Crippen molar-refractivity contribution in [3.05, 3.63) is 0 Å². The lowest BCUT2D eigenvalue weighted by Gasteiger charge is -2.42. The molecular formula is C17H33N. The highest BCUT2D eigenvalue weighted by Gasteiger charge is 2.33. The summed E-state index contributed by atoms with van der Waals surface area (Å²) in [6.07, 6.45) is 11.3. The van der Waals surface area contributed by atoms with Gasteiger partial charge < -0.3 is 5.32 Å². The van der Waals surface area contributed by atoms with Gasteiger partial charge in [0.15, 0.2) is 0 Å². The molecule has 1 N–H and O–H groups in total. The number of nitrogens with one attached hydrogen (secondary N) is 1. The molecule has 2 rings (SSSR count). The molecule has 2 aliphatic carbocycles. The quantitative estimate of drug-likeness (QED) is 0.762. The van der Waals surface area contributed by atoms with Gasteiger partial charge in [-0.25, -0.2) is 0 Å². The minimum absolute atomic E-state index is 0.552. The zero-order valence-corrected chi connectivity index (χ0v) is 13.0. The van der Waals surface area contributed by atoms with E-state index >= 15 is 0 Å². The highest BCUT2D eigenvalue weighted by atomic mass is 15.0. The fourth-order valence-electron chi connectivity index (χ4n) is 4.54. The molecule has 2 fully saturated rings. The standard InChI is InChI=1S/C17H33N/c1-5-14-6-8-15(9-7-14)18-16-10-13(2)11-17(3,4)12-16/h13-16,18H,5-12H2,1-4H3. The Labute approximate surface area is 114 Å². The maximum absolute atomic E-state index is 3.99. The Bertz CT molecular complexity index is 250. The summed E-state index contributed by atoms with van der Waals surface area (Å²) in [4.78, 5) is 0. The van der Waals surface area contributed by atoms with Crippen LogP contribution in [0.3, 0.4) is 0 Å². The number of hydrogen-bond acceptors (Lipinski definition) is 1. The fourth-order valence-corrected chi connectivity index (χ4v) is 4.54. The van der Waals surface area contributed by atoms with E-state index in [1.807, 2.05) is 0 Å². The Morgan fingerprint density at radius 2 is 1.67 bits per heavy atom. The molecule has 0 aromatic carbocycles. The lowest BCUT2D eigenvalue weighted by atomic mass is 9.70. The second-order valence-corrected chi connectivity index (χ2v) is 7.90. The minimum Gasteiger partial charge on any atom is -0.311 e. The molecule has 1 heteroatoms. The predicted molar refractivity (Wildman–Crippen MR) is 79.8 cm³/mol. The molecule has 2 atom stereocenters. The van der Waals surface area contributed by atoms with E-state index in [-0.39, 0.29) is 0 Å². The summed E-state index contributed by atoms with van der Waals surface area (Å²) in [5, 5.41) is 3.99. The lowest BCUT2D eigenvalue weighted by Crippen LogP contribution is -2.46. The van der Waals surface area contributed by atoms with Gasteiger partial charge in [0.05, 0.1) is 0 Å². The molecule has 1 nitrogen and oxygen atoms in total. The molecule has 0 radical (unpaired) electrons. The highest BCUT2D eigenvalue weighted by molar-refractivity contribution is 4.89. The van der Waals surface area contributed by atoms with E-state index in [0.717, 1.165) is 23.9 Å². The highest BCUT2D eigenvalue weighted by Crippen LogP contribution is 2.39. The number of hydrogen-bond donors (Lipinski definition) is 1. The van der Waals surface area contributed by atoms with Crippen molar-refractivity contribution in [3.8, 4) is 0 Å². The van der Waals surface area contributed by atoms with Crippen molar-refractivity contribution in [2.75, 3.05) is 0 Å². The third kappa shape index (κ3) is 3.98. The molecule has 2 aliphatic rings. The maximum Gasteiger partial charge on any atom is 0.00772 e. The van der Waals surface area contributed by atoms with Gasteiger partial charge in [0.1, 0.15) is 0 Å². The Morgan fingerprint density at radius 3 is 2.22 bits per heavy atom. The molecule has 106 valence electrons. The lowest BCUT2D eigenvalue weighted by molar-refractivity contribution is 0.135. The van der Waals surface area contributed by atoms with Crippen molar-refractivity contribution in [2.24, 2.45) is 17.3 Å². The first-order valence-corrected chi connectivity index (χ1v) is 8.24. The SMILES string of the molecule is CCC1CCC(NC2CC(C)CC(C)(C)C2)CC1. The van der Waals surface area contributed by atoms with Crippen molar-refractivity contribution in [2.45, 2.75) is 91.1 Å². The Balaban J connectivity index is 1.79. The van der Waals surface area contributed by atoms with Crippen molar-refractivity contribution in [1.82, 2.24) is 5.32 Å². The summed E-state index contributed by atoms with van der Waals surface area (Å²) in [6.45, 7) is 9.68. The van der Waals surface area contributed by atoms with Crippen molar-refractivity contribution >= 4 is 0 Å². The van der Waals surface area contributed by atoms with E-state index in [2.05, 4.69) is 33.0 Å². The van der Waals surface area contributed by atoms with Crippen LogP contribution in [0, 0.1) is 17.3 Å². The average Bonchev–Trinajstić information content (AvgIpc) is 2.27. The molecule has 2 saturated carbocycles. The molecular weight excluding hydrogens is 218 g/mol. The topological polar surface area (TPSA) is 12.0 Å². The van der Waals surface area contributed by atoms with Gasteiger partial charge in [-0.3, -0.25) is 0 Å². The van der Waals surface area contributed by atoms with Gasteiger partial charge in [-0.2, -0.15) is 0 Å². The first-order valence-electron chi connectivity index (χ1n) is 8.24.